The Morgan fingerprint density at radius 3 is 2.67 bits per heavy atom. The molecule has 0 aliphatic rings. The number of aliphatic hydroxyl groups excluding tert-OH is 1. The molecule has 18 heavy (non-hydrogen) atoms. The van der Waals surface area contributed by atoms with Crippen molar-refractivity contribution in [3.63, 3.8) is 0 Å². The first-order valence-corrected chi connectivity index (χ1v) is 6.07. The SMILES string of the molecule is COc1c(C)ccc(NC(=O)CCC(C)O)c1C. The summed E-state index contributed by atoms with van der Waals surface area (Å²) in [6.07, 6.45) is 0.325. The highest BCUT2D eigenvalue weighted by molar-refractivity contribution is 5.92. The summed E-state index contributed by atoms with van der Waals surface area (Å²) >= 11 is 0. The van der Waals surface area contributed by atoms with Gasteiger partial charge >= 0.3 is 0 Å². The number of aryl methyl sites for hydroxylation is 1. The molecule has 1 unspecified atom stereocenters. The van der Waals surface area contributed by atoms with E-state index in [0.717, 1.165) is 22.6 Å². The molecular weight excluding hydrogens is 230 g/mol. The Bertz CT molecular complexity index is 427. The van der Waals surface area contributed by atoms with Gasteiger partial charge in [-0.25, -0.2) is 0 Å². The second kappa shape index (κ2) is 6.40. The largest absolute Gasteiger partial charge is 0.496 e. The minimum absolute atomic E-state index is 0.0927. The molecule has 4 heteroatoms. The van der Waals surface area contributed by atoms with E-state index in [0.29, 0.717) is 12.8 Å². The van der Waals surface area contributed by atoms with E-state index in [2.05, 4.69) is 5.32 Å². The molecule has 100 valence electrons. The van der Waals surface area contributed by atoms with Crippen LogP contribution in [0.15, 0.2) is 12.1 Å². The van der Waals surface area contributed by atoms with Gasteiger partial charge in [0.1, 0.15) is 5.75 Å². The van der Waals surface area contributed by atoms with Gasteiger partial charge in [-0.05, 0) is 38.8 Å². The van der Waals surface area contributed by atoms with E-state index < -0.39 is 6.10 Å². The number of anilines is 1. The number of ether oxygens (including phenoxy) is 1. The second-order valence-corrected chi connectivity index (χ2v) is 4.52. The zero-order valence-corrected chi connectivity index (χ0v) is 11.4. The Balaban J connectivity index is 2.76. The third kappa shape index (κ3) is 3.74. The Morgan fingerprint density at radius 1 is 1.44 bits per heavy atom. The van der Waals surface area contributed by atoms with Crippen LogP contribution in [-0.4, -0.2) is 24.2 Å². The molecule has 0 saturated carbocycles. The molecule has 1 atom stereocenters. The van der Waals surface area contributed by atoms with Crippen molar-refractivity contribution in [2.75, 3.05) is 12.4 Å². The number of carbonyl (C=O) groups excluding carboxylic acids is 1. The number of nitrogens with one attached hydrogen (secondary N) is 1. The summed E-state index contributed by atoms with van der Waals surface area (Å²) in [7, 11) is 1.62. The van der Waals surface area contributed by atoms with Gasteiger partial charge in [0.15, 0.2) is 0 Å². The summed E-state index contributed by atoms with van der Waals surface area (Å²) in [6.45, 7) is 5.55. The van der Waals surface area contributed by atoms with Gasteiger partial charge < -0.3 is 15.2 Å². The second-order valence-electron chi connectivity index (χ2n) is 4.52. The lowest BCUT2D eigenvalue weighted by Gasteiger charge is -2.14. The van der Waals surface area contributed by atoms with Crippen LogP contribution in [0.25, 0.3) is 0 Å². The van der Waals surface area contributed by atoms with Crippen molar-refractivity contribution in [1.29, 1.82) is 0 Å². The standard InChI is InChI=1S/C14H21NO3/c1-9-5-7-12(11(3)14(9)18-4)15-13(17)8-6-10(2)16/h5,7,10,16H,6,8H2,1-4H3,(H,15,17). The molecule has 0 spiro atoms. The van der Waals surface area contributed by atoms with Crippen molar-refractivity contribution in [2.24, 2.45) is 0 Å². The van der Waals surface area contributed by atoms with Crippen molar-refractivity contribution >= 4 is 11.6 Å². The van der Waals surface area contributed by atoms with Crippen LogP contribution in [0.3, 0.4) is 0 Å². The van der Waals surface area contributed by atoms with Gasteiger partial charge in [0.2, 0.25) is 5.91 Å². The van der Waals surface area contributed by atoms with Crippen LogP contribution in [0.4, 0.5) is 5.69 Å². The van der Waals surface area contributed by atoms with E-state index >= 15 is 0 Å². The number of hydrogen-bond acceptors (Lipinski definition) is 3. The minimum Gasteiger partial charge on any atom is -0.496 e. The summed E-state index contributed by atoms with van der Waals surface area (Å²) in [4.78, 5) is 11.7. The molecule has 4 nitrogen and oxygen atoms in total. The van der Waals surface area contributed by atoms with Crippen LogP contribution < -0.4 is 10.1 Å². The maximum atomic E-state index is 11.7. The normalized spacial score (nSPS) is 12.1. The molecule has 0 bridgehead atoms. The number of amides is 1. The molecule has 1 rings (SSSR count). The molecule has 0 saturated heterocycles. The monoisotopic (exact) mass is 251 g/mol. The van der Waals surface area contributed by atoms with Gasteiger partial charge in [0, 0.05) is 17.7 Å². The summed E-state index contributed by atoms with van der Waals surface area (Å²) in [5, 5.41) is 12.0. The molecule has 2 N–H and O–H groups in total. The maximum Gasteiger partial charge on any atom is 0.224 e. The van der Waals surface area contributed by atoms with Crippen LogP contribution in [0.5, 0.6) is 5.75 Å². The number of benzene rings is 1. The van der Waals surface area contributed by atoms with E-state index in [1.807, 2.05) is 26.0 Å². The summed E-state index contributed by atoms with van der Waals surface area (Å²) in [6, 6.07) is 3.78. The van der Waals surface area contributed by atoms with Crippen LogP contribution in [0.2, 0.25) is 0 Å². The Hall–Kier alpha value is -1.55. The van der Waals surface area contributed by atoms with E-state index in [1.54, 1.807) is 14.0 Å². The third-order valence-corrected chi connectivity index (χ3v) is 2.87. The van der Waals surface area contributed by atoms with E-state index in [9.17, 15) is 4.79 Å². The van der Waals surface area contributed by atoms with Gasteiger partial charge in [-0.2, -0.15) is 0 Å². The molecular formula is C14H21NO3. The number of rotatable bonds is 5. The predicted octanol–water partition coefficient (Wildman–Crippen LogP) is 2.41. The Labute approximate surface area is 108 Å². The number of hydrogen-bond donors (Lipinski definition) is 2. The molecule has 1 aromatic rings. The summed E-state index contributed by atoms with van der Waals surface area (Å²) < 4.78 is 5.30. The van der Waals surface area contributed by atoms with Gasteiger partial charge in [-0.15, -0.1) is 0 Å². The topological polar surface area (TPSA) is 58.6 Å². The van der Waals surface area contributed by atoms with Gasteiger partial charge in [-0.3, -0.25) is 4.79 Å². The predicted molar refractivity (Wildman–Crippen MR) is 72.0 cm³/mol. The van der Waals surface area contributed by atoms with Crippen molar-refractivity contribution in [3.8, 4) is 5.75 Å². The average molecular weight is 251 g/mol. The number of carbonyl (C=O) groups is 1. The Kier molecular flexibility index (Phi) is 5.16. The fraction of sp³-hybridized carbons (Fsp3) is 0.500. The fourth-order valence-corrected chi connectivity index (χ4v) is 1.83. The highest BCUT2D eigenvalue weighted by Gasteiger charge is 2.10. The lowest BCUT2D eigenvalue weighted by Crippen LogP contribution is -2.15. The highest BCUT2D eigenvalue weighted by Crippen LogP contribution is 2.29. The average Bonchev–Trinajstić information content (AvgIpc) is 2.31. The molecule has 0 aliphatic heterocycles. The van der Waals surface area contributed by atoms with Crippen molar-refractivity contribution in [1.82, 2.24) is 0 Å². The Morgan fingerprint density at radius 2 is 2.11 bits per heavy atom. The zero-order chi connectivity index (χ0) is 13.7. The summed E-state index contributed by atoms with van der Waals surface area (Å²) in [5.74, 6) is 0.702. The lowest BCUT2D eigenvalue weighted by molar-refractivity contribution is -0.116. The quantitative estimate of drug-likeness (QED) is 0.845. The fourth-order valence-electron chi connectivity index (χ4n) is 1.83. The summed E-state index contributed by atoms with van der Waals surface area (Å²) in [5.41, 5.74) is 2.72. The zero-order valence-electron chi connectivity index (χ0n) is 11.4. The molecule has 0 fully saturated rings. The molecule has 1 aromatic carbocycles. The van der Waals surface area contributed by atoms with Crippen LogP contribution in [-0.2, 0) is 4.79 Å². The van der Waals surface area contributed by atoms with Gasteiger partial charge in [-0.1, -0.05) is 6.07 Å². The highest BCUT2D eigenvalue weighted by atomic mass is 16.5. The van der Waals surface area contributed by atoms with Crippen molar-refractivity contribution in [2.45, 2.75) is 39.7 Å². The maximum absolute atomic E-state index is 11.7. The first-order chi connectivity index (χ1) is 8.45. The van der Waals surface area contributed by atoms with Crippen LogP contribution in [0, 0.1) is 13.8 Å². The molecule has 0 aromatic heterocycles. The third-order valence-electron chi connectivity index (χ3n) is 2.87. The van der Waals surface area contributed by atoms with E-state index in [-0.39, 0.29) is 5.91 Å². The first kappa shape index (κ1) is 14.5. The van der Waals surface area contributed by atoms with Gasteiger partial charge in [0.05, 0.1) is 13.2 Å². The lowest BCUT2D eigenvalue weighted by atomic mass is 10.1. The van der Waals surface area contributed by atoms with E-state index in [1.165, 1.54) is 0 Å². The van der Waals surface area contributed by atoms with Crippen LogP contribution in [0.1, 0.15) is 30.9 Å². The molecule has 1 amide bonds. The molecule has 0 heterocycles. The van der Waals surface area contributed by atoms with E-state index in [4.69, 9.17) is 9.84 Å². The van der Waals surface area contributed by atoms with Crippen LogP contribution >= 0.6 is 0 Å². The van der Waals surface area contributed by atoms with Crippen molar-refractivity contribution in [3.05, 3.63) is 23.3 Å². The number of aliphatic hydroxyl groups is 1. The van der Waals surface area contributed by atoms with Gasteiger partial charge in [0.25, 0.3) is 0 Å². The minimum atomic E-state index is -0.454. The first-order valence-electron chi connectivity index (χ1n) is 6.07. The van der Waals surface area contributed by atoms with Crippen molar-refractivity contribution < 1.29 is 14.6 Å². The smallest absolute Gasteiger partial charge is 0.224 e. The molecule has 0 aliphatic carbocycles. The molecule has 0 radical (unpaired) electrons. The number of methoxy groups -OCH3 is 1.